The van der Waals surface area contributed by atoms with Crippen LogP contribution < -0.4 is 4.90 Å². The Morgan fingerprint density at radius 3 is 2.43 bits per heavy atom. The Morgan fingerprint density at radius 1 is 0.979 bits per heavy atom. The van der Waals surface area contributed by atoms with E-state index in [1.807, 2.05) is 43.9 Å². The fraction of sp³-hybridized carbons (Fsp3) is 0.676. The van der Waals surface area contributed by atoms with E-state index in [2.05, 4.69) is 9.80 Å². The lowest BCUT2D eigenvalue weighted by Crippen LogP contribution is -2.48. The van der Waals surface area contributed by atoms with Gasteiger partial charge in [-0.05, 0) is 100 Å². The highest BCUT2D eigenvalue weighted by Crippen LogP contribution is 2.28. The summed E-state index contributed by atoms with van der Waals surface area (Å²) in [6, 6.07) is 5.59. The number of halogens is 1. The molecular weight excluding hydrogens is 601 g/mol. The summed E-state index contributed by atoms with van der Waals surface area (Å²) in [4.78, 5) is 32.9. The number of cyclic esters (lactones) is 1. The van der Waals surface area contributed by atoms with Gasteiger partial charge in [0.05, 0.1) is 25.7 Å². The minimum absolute atomic E-state index is 0.0644. The second kappa shape index (κ2) is 16.9. The third-order valence-corrected chi connectivity index (χ3v) is 10.3. The fourth-order valence-electron chi connectivity index (χ4n) is 7.32. The monoisotopic (exact) mass is 655 g/mol. The average Bonchev–Trinajstić information content (AvgIpc) is 3.09. The summed E-state index contributed by atoms with van der Waals surface area (Å²) < 4.78 is 32.6. The summed E-state index contributed by atoms with van der Waals surface area (Å²) in [6.45, 7) is 12.2. The van der Waals surface area contributed by atoms with E-state index in [0.29, 0.717) is 56.3 Å². The summed E-state index contributed by atoms with van der Waals surface area (Å²) >= 11 is 0. The third kappa shape index (κ3) is 9.80. The molecule has 1 N–H and O–H groups in total. The van der Waals surface area contributed by atoms with Crippen molar-refractivity contribution in [2.45, 2.75) is 96.5 Å². The van der Waals surface area contributed by atoms with Gasteiger partial charge in [0.15, 0.2) is 0 Å². The van der Waals surface area contributed by atoms with E-state index >= 15 is 4.39 Å². The van der Waals surface area contributed by atoms with Crippen molar-refractivity contribution in [1.82, 2.24) is 9.80 Å². The van der Waals surface area contributed by atoms with Gasteiger partial charge in [-0.1, -0.05) is 26.3 Å². The van der Waals surface area contributed by atoms with E-state index in [4.69, 9.17) is 14.2 Å². The highest BCUT2D eigenvalue weighted by Gasteiger charge is 2.31. The number of ether oxygens (including phenoxy) is 3. The summed E-state index contributed by atoms with van der Waals surface area (Å²) in [7, 11) is 0. The quantitative estimate of drug-likeness (QED) is 0.314. The molecule has 4 heterocycles. The molecule has 1 aromatic carbocycles. The van der Waals surface area contributed by atoms with Gasteiger partial charge in [0.25, 0.3) is 0 Å². The van der Waals surface area contributed by atoms with Gasteiger partial charge in [-0.15, -0.1) is 0 Å². The number of hydrogen-bond acceptors (Lipinski definition) is 8. The lowest BCUT2D eigenvalue weighted by atomic mass is 9.91. The van der Waals surface area contributed by atoms with Crippen LogP contribution in [0.15, 0.2) is 35.9 Å². The number of carbonyl (C=O) groups is 2. The molecular formula is C37H54FN3O6. The summed E-state index contributed by atoms with van der Waals surface area (Å²) in [5.74, 6) is -1.22. The maximum Gasteiger partial charge on any atom is 0.410 e. The zero-order chi connectivity index (χ0) is 33.3. The highest BCUT2D eigenvalue weighted by atomic mass is 19.1. The summed E-state index contributed by atoms with van der Waals surface area (Å²) in [6.07, 6.45) is 9.78. The SMILES string of the molecule is C/C(=C\c1cc(N2CCOCC2)ccc1F)[C@H]1OC(=O)C[C@H](O)CC[C@H](C)[C@@H](OC(=O)N2CCC(N3CCCCC3)CC2)/C=C\[C@@H]1C. The molecule has 5 atom stereocenters. The lowest BCUT2D eigenvalue weighted by Gasteiger charge is -2.40. The molecule has 0 aliphatic carbocycles. The molecule has 1 amide bonds. The van der Waals surface area contributed by atoms with E-state index in [-0.39, 0.29) is 30.2 Å². The zero-order valence-electron chi connectivity index (χ0n) is 28.4. The van der Waals surface area contributed by atoms with Crippen LogP contribution in [-0.4, -0.2) is 104 Å². The molecule has 10 heteroatoms. The second-order valence-electron chi connectivity index (χ2n) is 13.9. The molecule has 1 aromatic rings. The van der Waals surface area contributed by atoms with Crippen molar-refractivity contribution in [3.63, 3.8) is 0 Å². The Hall–Kier alpha value is -2.95. The number of piperidine rings is 2. The van der Waals surface area contributed by atoms with Crippen molar-refractivity contribution in [1.29, 1.82) is 0 Å². The van der Waals surface area contributed by atoms with Gasteiger partial charge >= 0.3 is 12.1 Å². The first-order valence-electron chi connectivity index (χ1n) is 17.7. The van der Waals surface area contributed by atoms with Gasteiger partial charge < -0.3 is 34.0 Å². The van der Waals surface area contributed by atoms with Crippen LogP contribution >= 0.6 is 0 Å². The topological polar surface area (TPSA) is 91.8 Å². The number of morpholine rings is 1. The molecule has 4 aliphatic heterocycles. The number of likely N-dealkylation sites (tertiary alicyclic amines) is 2. The van der Waals surface area contributed by atoms with E-state index in [1.54, 1.807) is 12.1 Å². The number of rotatable bonds is 5. The predicted octanol–water partition coefficient (Wildman–Crippen LogP) is 5.81. The molecule has 9 nitrogen and oxygen atoms in total. The van der Waals surface area contributed by atoms with Gasteiger partial charge in [-0.3, -0.25) is 4.79 Å². The molecule has 0 aromatic heterocycles. The number of anilines is 1. The van der Waals surface area contributed by atoms with Crippen molar-refractivity contribution in [2.75, 3.05) is 57.4 Å². The largest absolute Gasteiger partial charge is 0.457 e. The summed E-state index contributed by atoms with van der Waals surface area (Å²) in [5.41, 5.74) is 2.00. The van der Waals surface area contributed by atoms with Crippen molar-refractivity contribution < 1.29 is 33.3 Å². The Labute approximate surface area is 279 Å². The van der Waals surface area contributed by atoms with Gasteiger partial charge in [0, 0.05) is 49.4 Å². The minimum atomic E-state index is -0.874. The van der Waals surface area contributed by atoms with Crippen molar-refractivity contribution >= 4 is 23.8 Å². The number of carbonyl (C=O) groups excluding carboxylic acids is 2. The van der Waals surface area contributed by atoms with Crippen molar-refractivity contribution in [3.05, 3.63) is 47.3 Å². The average molecular weight is 656 g/mol. The Balaban J connectivity index is 1.30. The van der Waals surface area contributed by atoms with Crippen LogP contribution in [0.25, 0.3) is 6.08 Å². The number of benzene rings is 1. The van der Waals surface area contributed by atoms with Gasteiger partial charge in [0.1, 0.15) is 18.0 Å². The van der Waals surface area contributed by atoms with Crippen LogP contribution in [0.1, 0.15) is 77.7 Å². The molecule has 0 bridgehead atoms. The number of nitrogens with zero attached hydrogens (tertiary/aromatic N) is 3. The standard InChI is InChI=1S/C37H54FN3O6/c1-26-7-10-32(42)25-35(43)47-36(28(3)23-29-24-31(9-11-33(29)38)40-19-21-45-22-20-40)27(2)8-12-34(26)46-37(44)41-17-13-30(14-18-41)39-15-5-4-6-16-39/h8-9,11-12,23-24,26-27,30,32,34,36,42H,4-7,10,13-22,25H2,1-3H3/b12-8-,28-23+/t26-,27-,32+,34-,36-/m0/s1. The van der Waals surface area contributed by atoms with Crippen LogP contribution in [0, 0.1) is 17.7 Å². The molecule has 3 saturated heterocycles. The van der Waals surface area contributed by atoms with E-state index < -0.39 is 24.3 Å². The molecule has 0 unspecified atom stereocenters. The first kappa shape index (κ1) is 35.4. The molecule has 260 valence electrons. The molecule has 4 aliphatic rings. The number of aliphatic hydroxyl groups excluding tert-OH is 1. The van der Waals surface area contributed by atoms with Crippen molar-refractivity contribution in [3.8, 4) is 0 Å². The Bertz CT molecular complexity index is 1250. The Kier molecular flexibility index (Phi) is 12.7. The zero-order valence-corrected chi connectivity index (χ0v) is 28.4. The van der Waals surface area contributed by atoms with Gasteiger partial charge in [0.2, 0.25) is 0 Å². The third-order valence-electron chi connectivity index (χ3n) is 10.3. The van der Waals surface area contributed by atoms with Gasteiger partial charge in [-0.25, -0.2) is 9.18 Å². The normalized spacial score (nSPS) is 30.2. The number of hydrogen-bond donors (Lipinski definition) is 1. The first-order chi connectivity index (χ1) is 22.7. The van der Waals surface area contributed by atoms with Gasteiger partial charge in [-0.2, -0.15) is 0 Å². The minimum Gasteiger partial charge on any atom is -0.457 e. The molecule has 5 rings (SSSR count). The maximum atomic E-state index is 15.0. The van der Waals surface area contributed by atoms with Crippen LogP contribution in [0.4, 0.5) is 14.9 Å². The summed E-state index contributed by atoms with van der Waals surface area (Å²) in [5, 5.41) is 10.7. The number of aliphatic hydroxyl groups is 1. The first-order valence-corrected chi connectivity index (χ1v) is 17.7. The van der Waals surface area contributed by atoms with E-state index in [9.17, 15) is 14.7 Å². The Morgan fingerprint density at radius 2 is 1.70 bits per heavy atom. The molecule has 0 radical (unpaired) electrons. The molecule has 0 saturated carbocycles. The maximum absolute atomic E-state index is 15.0. The highest BCUT2D eigenvalue weighted by molar-refractivity contribution is 5.71. The fourth-order valence-corrected chi connectivity index (χ4v) is 7.32. The van der Waals surface area contributed by atoms with Crippen LogP contribution in [0.5, 0.6) is 0 Å². The van der Waals surface area contributed by atoms with Crippen LogP contribution in [-0.2, 0) is 19.0 Å². The van der Waals surface area contributed by atoms with E-state index in [0.717, 1.165) is 44.7 Å². The molecule has 3 fully saturated rings. The lowest BCUT2D eigenvalue weighted by molar-refractivity contribution is -0.151. The molecule has 0 spiro atoms. The van der Waals surface area contributed by atoms with Crippen molar-refractivity contribution in [2.24, 2.45) is 11.8 Å². The number of amides is 1. The number of esters is 1. The van der Waals surface area contributed by atoms with Crippen LogP contribution in [0.2, 0.25) is 0 Å². The second-order valence-corrected chi connectivity index (χ2v) is 13.9. The molecule has 47 heavy (non-hydrogen) atoms. The van der Waals surface area contributed by atoms with E-state index in [1.165, 1.54) is 25.3 Å². The van der Waals surface area contributed by atoms with Crippen LogP contribution in [0.3, 0.4) is 0 Å². The predicted molar refractivity (Wildman–Crippen MR) is 181 cm³/mol. The smallest absolute Gasteiger partial charge is 0.410 e.